The highest BCUT2D eigenvalue weighted by Crippen LogP contribution is 2.15. The molecule has 1 aliphatic rings. The van der Waals surface area contributed by atoms with Crippen molar-refractivity contribution in [3.63, 3.8) is 0 Å². The minimum atomic E-state index is 0.923. The van der Waals surface area contributed by atoms with Gasteiger partial charge in [0.05, 0.1) is 6.54 Å². The van der Waals surface area contributed by atoms with E-state index in [4.69, 9.17) is 0 Å². The molecule has 0 fully saturated rings. The molecule has 0 saturated heterocycles. The quantitative estimate of drug-likeness (QED) is 0.819. The van der Waals surface area contributed by atoms with Crippen molar-refractivity contribution in [1.29, 1.82) is 0 Å². The van der Waals surface area contributed by atoms with E-state index in [1.807, 2.05) is 7.05 Å². The topological polar surface area (TPSA) is 27.6 Å². The van der Waals surface area contributed by atoms with E-state index in [2.05, 4.69) is 46.5 Å². The van der Waals surface area contributed by atoms with Crippen molar-refractivity contribution in [1.82, 2.24) is 10.2 Å². The maximum absolute atomic E-state index is 4.58. The average Bonchev–Trinajstić information content (AvgIpc) is 2.73. The summed E-state index contributed by atoms with van der Waals surface area (Å²) in [7, 11) is 4.10. The van der Waals surface area contributed by atoms with Crippen LogP contribution in [0.1, 0.15) is 11.1 Å². The van der Waals surface area contributed by atoms with Crippen LogP contribution in [0.25, 0.3) is 0 Å². The number of likely N-dealkylation sites (N-methyl/N-ethyl adjacent to an activating group) is 2. The SMILES string of the molecule is CNCCc1ccccc1C1=NCCN1C. The van der Waals surface area contributed by atoms with Crippen LogP contribution in [0.3, 0.4) is 0 Å². The van der Waals surface area contributed by atoms with Gasteiger partial charge in [-0.15, -0.1) is 0 Å². The number of hydrogen-bond donors (Lipinski definition) is 1. The normalized spacial score (nSPS) is 15.4. The molecule has 1 aromatic carbocycles. The molecule has 0 amide bonds. The lowest BCUT2D eigenvalue weighted by atomic mass is 10.0. The number of rotatable bonds is 4. The van der Waals surface area contributed by atoms with Gasteiger partial charge in [-0.25, -0.2) is 0 Å². The summed E-state index contributed by atoms with van der Waals surface area (Å²) in [5.41, 5.74) is 2.67. The first-order chi connectivity index (χ1) is 7.83. The molecule has 1 aliphatic heterocycles. The van der Waals surface area contributed by atoms with E-state index in [-0.39, 0.29) is 0 Å². The zero-order valence-corrected chi connectivity index (χ0v) is 10.0. The van der Waals surface area contributed by atoms with E-state index in [9.17, 15) is 0 Å². The summed E-state index contributed by atoms with van der Waals surface area (Å²) in [5, 5.41) is 3.19. The highest BCUT2D eigenvalue weighted by Gasteiger charge is 2.16. The zero-order chi connectivity index (χ0) is 11.4. The van der Waals surface area contributed by atoms with Gasteiger partial charge in [0, 0.05) is 19.2 Å². The number of nitrogens with zero attached hydrogens (tertiary/aromatic N) is 2. The van der Waals surface area contributed by atoms with Crippen LogP contribution in [0, 0.1) is 0 Å². The van der Waals surface area contributed by atoms with Crippen molar-refractivity contribution in [2.24, 2.45) is 4.99 Å². The van der Waals surface area contributed by atoms with Crippen LogP contribution >= 0.6 is 0 Å². The van der Waals surface area contributed by atoms with Crippen LogP contribution in [0.4, 0.5) is 0 Å². The van der Waals surface area contributed by atoms with Crippen molar-refractivity contribution in [3.8, 4) is 0 Å². The van der Waals surface area contributed by atoms with Gasteiger partial charge in [0.15, 0.2) is 0 Å². The van der Waals surface area contributed by atoms with Gasteiger partial charge in [0.25, 0.3) is 0 Å². The molecule has 86 valence electrons. The maximum atomic E-state index is 4.58. The summed E-state index contributed by atoms with van der Waals surface area (Å²) < 4.78 is 0. The Hall–Kier alpha value is -1.35. The van der Waals surface area contributed by atoms with E-state index >= 15 is 0 Å². The van der Waals surface area contributed by atoms with Crippen molar-refractivity contribution in [3.05, 3.63) is 35.4 Å². The molecule has 0 saturated carbocycles. The van der Waals surface area contributed by atoms with Crippen molar-refractivity contribution < 1.29 is 0 Å². The Morgan fingerprint density at radius 3 is 2.88 bits per heavy atom. The van der Waals surface area contributed by atoms with Crippen molar-refractivity contribution in [2.75, 3.05) is 33.7 Å². The maximum Gasteiger partial charge on any atom is 0.131 e. The average molecular weight is 217 g/mol. The van der Waals surface area contributed by atoms with Gasteiger partial charge in [-0.3, -0.25) is 4.99 Å². The Bertz CT molecular complexity index is 385. The summed E-state index contributed by atoms with van der Waals surface area (Å²) >= 11 is 0. The molecule has 2 rings (SSSR count). The summed E-state index contributed by atoms with van der Waals surface area (Å²) in [6, 6.07) is 8.56. The largest absolute Gasteiger partial charge is 0.358 e. The van der Waals surface area contributed by atoms with Gasteiger partial charge in [-0.2, -0.15) is 0 Å². The molecule has 3 nitrogen and oxygen atoms in total. The fourth-order valence-corrected chi connectivity index (χ4v) is 2.04. The Labute approximate surface area is 97.2 Å². The second-order valence-electron chi connectivity index (χ2n) is 4.14. The number of benzene rings is 1. The van der Waals surface area contributed by atoms with Gasteiger partial charge >= 0.3 is 0 Å². The van der Waals surface area contributed by atoms with Gasteiger partial charge in [-0.1, -0.05) is 24.3 Å². The first-order valence-electron chi connectivity index (χ1n) is 5.81. The fourth-order valence-electron chi connectivity index (χ4n) is 2.04. The second kappa shape index (κ2) is 5.12. The van der Waals surface area contributed by atoms with Crippen molar-refractivity contribution >= 4 is 5.84 Å². The third-order valence-electron chi connectivity index (χ3n) is 2.96. The van der Waals surface area contributed by atoms with Gasteiger partial charge < -0.3 is 10.2 Å². The molecule has 16 heavy (non-hydrogen) atoms. The molecule has 0 aromatic heterocycles. The fraction of sp³-hybridized carbons (Fsp3) is 0.462. The Morgan fingerprint density at radius 1 is 1.38 bits per heavy atom. The summed E-state index contributed by atoms with van der Waals surface area (Å²) in [6.07, 6.45) is 1.06. The van der Waals surface area contributed by atoms with Crippen LogP contribution in [0.15, 0.2) is 29.3 Å². The van der Waals surface area contributed by atoms with E-state index < -0.39 is 0 Å². The summed E-state index contributed by atoms with van der Waals surface area (Å²) in [4.78, 5) is 6.81. The number of aliphatic imine (C=N–C) groups is 1. The molecular weight excluding hydrogens is 198 g/mol. The minimum absolute atomic E-state index is 0.923. The smallest absolute Gasteiger partial charge is 0.131 e. The predicted molar refractivity (Wildman–Crippen MR) is 68.1 cm³/mol. The van der Waals surface area contributed by atoms with Crippen LogP contribution in [0.5, 0.6) is 0 Å². The monoisotopic (exact) mass is 217 g/mol. The number of amidine groups is 1. The molecular formula is C13H19N3. The molecule has 0 radical (unpaired) electrons. The van der Waals surface area contributed by atoms with Gasteiger partial charge in [0.2, 0.25) is 0 Å². The van der Waals surface area contributed by atoms with E-state index in [1.165, 1.54) is 11.1 Å². The molecule has 1 heterocycles. The van der Waals surface area contributed by atoms with E-state index in [0.29, 0.717) is 0 Å². The van der Waals surface area contributed by atoms with Gasteiger partial charge in [-0.05, 0) is 25.6 Å². The third kappa shape index (κ3) is 2.25. The second-order valence-corrected chi connectivity index (χ2v) is 4.14. The first kappa shape index (κ1) is 11.1. The molecule has 0 bridgehead atoms. The summed E-state index contributed by atoms with van der Waals surface area (Å²) in [5.74, 6) is 1.15. The van der Waals surface area contributed by atoms with Crippen LogP contribution in [-0.2, 0) is 6.42 Å². The molecule has 1 N–H and O–H groups in total. The Kier molecular flexibility index (Phi) is 3.57. The lowest BCUT2D eigenvalue weighted by Crippen LogP contribution is -2.25. The predicted octanol–water partition coefficient (Wildman–Crippen LogP) is 1.14. The molecule has 1 aromatic rings. The lowest BCUT2D eigenvalue weighted by Gasteiger charge is -2.16. The van der Waals surface area contributed by atoms with Crippen LogP contribution < -0.4 is 5.32 Å². The number of nitrogens with one attached hydrogen (secondary N) is 1. The molecule has 0 aliphatic carbocycles. The molecule has 3 heteroatoms. The first-order valence-corrected chi connectivity index (χ1v) is 5.81. The van der Waals surface area contributed by atoms with Crippen molar-refractivity contribution in [2.45, 2.75) is 6.42 Å². The van der Waals surface area contributed by atoms with Gasteiger partial charge in [0.1, 0.15) is 5.84 Å². The molecule has 0 atom stereocenters. The van der Waals surface area contributed by atoms with Crippen LogP contribution in [-0.4, -0.2) is 44.5 Å². The minimum Gasteiger partial charge on any atom is -0.358 e. The standard InChI is InChI=1S/C13H19N3/c1-14-8-7-11-5-3-4-6-12(11)13-15-9-10-16(13)2/h3-6,14H,7-10H2,1-2H3. The molecule has 0 spiro atoms. The number of hydrogen-bond acceptors (Lipinski definition) is 3. The zero-order valence-electron chi connectivity index (χ0n) is 10.0. The Morgan fingerprint density at radius 2 is 2.19 bits per heavy atom. The van der Waals surface area contributed by atoms with E-state index in [0.717, 1.165) is 31.9 Å². The lowest BCUT2D eigenvalue weighted by molar-refractivity contribution is 0.556. The Balaban J connectivity index is 2.25. The highest BCUT2D eigenvalue weighted by atomic mass is 15.2. The molecule has 0 unspecified atom stereocenters. The van der Waals surface area contributed by atoms with E-state index in [1.54, 1.807) is 0 Å². The third-order valence-corrected chi connectivity index (χ3v) is 2.96. The summed E-state index contributed by atoms with van der Waals surface area (Å²) in [6.45, 7) is 2.97. The highest BCUT2D eigenvalue weighted by molar-refractivity contribution is 6.00. The van der Waals surface area contributed by atoms with Crippen LogP contribution in [0.2, 0.25) is 0 Å².